The van der Waals surface area contributed by atoms with Crippen LogP contribution >= 0.6 is 23.4 Å². The fourth-order valence-corrected chi connectivity index (χ4v) is 4.24. The Morgan fingerprint density at radius 1 is 1.10 bits per heavy atom. The van der Waals surface area contributed by atoms with Crippen LogP contribution in [0.5, 0.6) is 5.75 Å². The fraction of sp³-hybridized carbons (Fsp3) is 0.167. The third kappa shape index (κ3) is 4.70. The molecule has 0 saturated carbocycles. The molecule has 0 spiro atoms. The molecule has 0 aliphatic carbocycles. The van der Waals surface area contributed by atoms with Gasteiger partial charge in [-0.3, -0.25) is 14.5 Å². The van der Waals surface area contributed by atoms with Crippen LogP contribution in [-0.4, -0.2) is 29.2 Å². The van der Waals surface area contributed by atoms with Crippen LogP contribution in [0.4, 0.5) is 4.79 Å². The maximum absolute atomic E-state index is 12.7. The molecule has 31 heavy (non-hydrogen) atoms. The van der Waals surface area contributed by atoms with Gasteiger partial charge in [0, 0.05) is 11.6 Å². The number of nitrogens with zero attached hydrogens (tertiary/aromatic N) is 1. The van der Waals surface area contributed by atoms with Crippen molar-refractivity contribution in [3.63, 3.8) is 0 Å². The minimum absolute atomic E-state index is 0.179. The second-order valence-electron chi connectivity index (χ2n) is 7.13. The third-order valence-electron chi connectivity index (χ3n) is 4.83. The van der Waals surface area contributed by atoms with Crippen molar-refractivity contribution in [3.8, 4) is 17.1 Å². The molecule has 7 heteroatoms. The first-order valence-electron chi connectivity index (χ1n) is 9.72. The summed E-state index contributed by atoms with van der Waals surface area (Å²) in [6.07, 6.45) is 1.58. The van der Waals surface area contributed by atoms with Gasteiger partial charge in [0.2, 0.25) is 0 Å². The normalized spacial score (nSPS) is 15.2. The molecule has 1 fully saturated rings. The highest BCUT2D eigenvalue weighted by Crippen LogP contribution is 2.34. The number of hydrogen-bond acceptors (Lipinski definition) is 5. The van der Waals surface area contributed by atoms with Crippen molar-refractivity contribution in [1.29, 1.82) is 0 Å². The first-order valence-corrected chi connectivity index (χ1v) is 10.9. The molecule has 2 aromatic carbocycles. The predicted octanol–water partition coefficient (Wildman–Crippen LogP) is 6.33. The zero-order chi connectivity index (χ0) is 22.0. The lowest BCUT2D eigenvalue weighted by Gasteiger charge is -2.14. The largest absolute Gasteiger partial charge is 0.491 e. The van der Waals surface area contributed by atoms with Gasteiger partial charge in [0.1, 0.15) is 23.9 Å². The van der Waals surface area contributed by atoms with Crippen LogP contribution in [0.3, 0.4) is 0 Å². The van der Waals surface area contributed by atoms with Gasteiger partial charge < -0.3 is 9.15 Å². The molecule has 1 aliphatic heterocycles. The number of amides is 2. The summed E-state index contributed by atoms with van der Waals surface area (Å²) in [5.74, 6) is 1.48. The Hall–Kier alpha value is -2.96. The molecule has 3 aromatic rings. The molecule has 2 heterocycles. The van der Waals surface area contributed by atoms with Gasteiger partial charge in [0.05, 0.1) is 16.5 Å². The Labute approximate surface area is 189 Å². The van der Waals surface area contributed by atoms with Gasteiger partial charge in [-0.1, -0.05) is 35.9 Å². The molecule has 1 aliphatic rings. The molecule has 1 aromatic heterocycles. The van der Waals surface area contributed by atoms with Crippen molar-refractivity contribution in [2.75, 3.05) is 13.2 Å². The summed E-state index contributed by atoms with van der Waals surface area (Å²) in [5, 5.41) is 0.256. The van der Waals surface area contributed by atoms with Crippen molar-refractivity contribution in [3.05, 3.63) is 81.4 Å². The highest BCUT2D eigenvalue weighted by molar-refractivity contribution is 8.18. The van der Waals surface area contributed by atoms with E-state index in [1.54, 1.807) is 24.3 Å². The van der Waals surface area contributed by atoms with E-state index in [9.17, 15) is 9.59 Å². The van der Waals surface area contributed by atoms with Gasteiger partial charge >= 0.3 is 0 Å². The average molecular weight is 454 g/mol. The number of ether oxygens (including phenoxy) is 1. The van der Waals surface area contributed by atoms with Crippen LogP contribution in [0.1, 0.15) is 16.9 Å². The molecular weight excluding hydrogens is 434 g/mol. The molecule has 0 unspecified atom stereocenters. The Balaban J connectivity index is 1.43. The van der Waals surface area contributed by atoms with Crippen LogP contribution in [0.2, 0.25) is 5.02 Å². The van der Waals surface area contributed by atoms with E-state index in [0.717, 1.165) is 34.2 Å². The molecule has 0 atom stereocenters. The summed E-state index contributed by atoms with van der Waals surface area (Å²) in [7, 11) is 0. The standard InChI is InChI=1S/C24H20ClNO4S/c1-15-7-8-16(2)21(13-15)29-12-11-26-23(27)22(31-24(26)28)14-17-9-10-20(30-17)18-5-3-4-6-19(18)25/h3-10,13-14H,11-12H2,1-2H3/b22-14-. The Kier molecular flexibility index (Phi) is 6.20. The molecule has 4 rings (SSSR count). The average Bonchev–Trinajstić information content (AvgIpc) is 3.31. The minimum atomic E-state index is -0.352. The summed E-state index contributed by atoms with van der Waals surface area (Å²) in [6.45, 7) is 4.35. The van der Waals surface area contributed by atoms with Crippen LogP contribution in [0.15, 0.2) is 63.9 Å². The number of thioether (sulfide) groups is 1. The molecule has 0 bridgehead atoms. The fourth-order valence-electron chi connectivity index (χ4n) is 3.17. The molecule has 0 N–H and O–H groups in total. The second-order valence-corrected chi connectivity index (χ2v) is 8.53. The summed E-state index contributed by atoms with van der Waals surface area (Å²) in [5.41, 5.74) is 2.86. The highest BCUT2D eigenvalue weighted by atomic mass is 35.5. The number of carbonyl (C=O) groups is 2. The predicted molar refractivity (Wildman–Crippen MR) is 123 cm³/mol. The first-order chi connectivity index (χ1) is 14.9. The number of hydrogen-bond donors (Lipinski definition) is 0. The number of benzene rings is 2. The lowest BCUT2D eigenvalue weighted by Crippen LogP contribution is -2.32. The Morgan fingerprint density at radius 3 is 2.71 bits per heavy atom. The third-order valence-corrected chi connectivity index (χ3v) is 6.07. The smallest absolute Gasteiger partial charge is 0.293 e. The minimum Gasteiger partial charge on any atom is -0.491 e. The van der Waals surface area contributed by atoms with Crippen molar-refractivity contribution < 1.29 is 18.7 Å². The lowest BCUT2D eigenvalue weighted by molar-refractivity contribution is -0.123. The second kappa shape index (κ2) is 9.04. The van der Waals surface area contributed by atoms with Crippen molar-refractivity contribution in [2.45, 2.75) is 13.8 Å². The van der Waals surface area contributed by atoms with E-state index in [4.69, 9.17) is 20.8 Å². The van der Waals surface area contributed by atoms with Gasteiger partial charge in [-0.05, 0) is 67.1 Å². The van der Waals surface area contributed by atoms with E-state index in [1.165, 1.54) is 4.90 Å². The maximum atomic E-state index is 12.7. The number of imide groups is 1. The van der Waals surface area contributed by atoms with Gasteiger partial charge in [-0.15, -0.1) is 0 Å². The SMILES string of the molecule is Cc1ccc(C)c(OCCN2C(=O)S/C(=C\c3ccc(-c4ccccc4Cl)o3)C2=O)c1. The zero-order valence-electron chi connectivity index (χ0n) is 17.1. The summed E-state index contributed by atoms with van der Waals surface area (Å²) in [4.78, 5) is 26.6. The van der Waals surface area contributed by atoms with Crippen LogP contribution in [-0.2, 0) is 4.79 Å². The van der Waals surface area contributed by atoms with E-state index in [1.807, 2.05) is 50.2 Å². The van der Waals surface area contributed by atoms with E-state index in [-0.39, 0.29) is 24.3 Å². The lowest BCUT2D eigenvalue weighted by atomic mass is 10.1. The number of carbonyl (C=O) groups excluding carboxylic acids is 2. The van der Waals surface area contributed by atoms with Crippen LogP contribution < -0.4 is 4.74 Å². The van der Waals surface area contributed by atoms with Gasteiger partial charge in [0.25, 0.3) is 11.1 Å². The first kappa shape index (κ1) is 21.3. The molecular formula is C24H20ClNO4S. The summed E-state index contributed by atoms with van der Waals surface area (Å²) >= 11 is 7.11. The van der Waals surface area contributed by atoms with E-state index < -0.39 is 0 Å². The monoisotopic (exact) mass is 453 g/mol. The highest BCUT2D eigenvalue weighted by Gasteiger charge is 2.35. The molecule has 2 amide bonds. The zero-order valence-corrected chi connectivity index (χ0v) is 18.6. The topological polar surface area (TPSA) is 59.8 Å². The van der Waals surface area contributed by atoms with Gasteiger partial charge in [-0.2, -0.15) is 0 Å². The molecule has 1 saturated heterocycles. The number of rotatable bonds is 6. The van der Waals surface area contributed by atoms with Crippen LogP contribution in [0, 0.1) is 13.8 Å². The summed E-state index contributed by atoms with van der Waals surface area (Å²) in [6, 6.07) is 16.8. The van der Waals surface area contributed by atoms with Crippen LogP contribution in [0.25, 0.3) is 17.4 Å². The maximum Gasteiger partial charge on any atom is 0.293 e. The molecule has 5 nitrogen and oxygen atoms in total. The van der Waals surface area contributed by atoms with Gasteiger partial charge in [-0.25, -0.2) is 0 Å². The Morgan fingerprint density at radius 2 is 1.90 bits per heavy atom. The van der Waals surface area contributed by atoms with Crippen molar-refractivity contribution in [1.82, 2.24) is 4.90 Å². The quantitative estimate of drug-likeness (QED) is 0.408. The van der Waals surface area contributed by atoms with Crippen molar-refractivity contribution in [2.24, 2.45) is 0 Å². The summed E-state index contributed by atoms with van der Waals surface area (Å²) < 4.78 is 11.6. The van der Waals surface area contributed by atoms with Gasteiger partial charge in [0.15, 0.2) is 0 Å². The molecule has 0 radical (unpaired) electrons. The Bertz CT molecular complexity index is 1180. The van der Waals surface area contributed by atoms with Crippen molar-refractivity contribution >= 4 is 40.6 Å². The number of furan rings is 1. The van der Waals surface area contributed by atoms with E-state index >= 15 is 0 Å². The number of halogens is 1. The number of aryl methyl sites for hydroxylation is 2. The molecule has 158 valence electrons. The van der Waals surface area contributed by atoms with E-state index in [2.05, 4.69) is 0 Å². The van der Waals surface area contributed by atoms with E-state index in [0.29, 0.717) is 21.4 Å².